The molecule has 3 atom stereocenters. The Morgan fingerprint density at radius 3 is 3.06 bits per heavy atom. The van der Waals surface area contributed by atoms with Crippen LogP contribution in [0.3, 0.4) is 0 Å². The molecule has 0 bridgehead atoms. The molecular formula is C13H14FNO. The van der Waals surface area contributed by atoms with Crippen LogP contribution in [0, 0.1) is 11.7 Å². The topological polar surface area (TPSA) is 29.1 Å². The molecule has 1 aromatic rings. The molecule has 1 aliphatic carbocycles. The summed E-state index contributed by atoms with van der Waals surface area (Å²) in [6, 6.07) is 5.30. The Balaban J connectivity index is 1.95. The molecule has 1 aliphatic heterocycles. The van der Waals surface area contributed by atoms with E-state index in [0.29, 0.717) is 12.0 Å². The van der Waals surface area contributed by atoms with E-state index in [2.05, 4.69) is 5.32 Å². The maximum absolute atomic E-state index is 13.2. The lowest BCUT2D eigenvalue weighted by molar-refractivity contribution is -0.112. The Morgan fingerprint density at radius 2 is 2.25 bits per heavy atom. The van der Waals surface area contributed by atoms with Crippen LogP contribution in [0.4, 0.5) is 10.1 Å². The summed E-state index contributed by atoms with van der Waals surface area (Å²) in [7, 11) is 0. The van der Waals surface area contributed by atoms with E-state index in [-0.39, 0.29) is 11.7 Å². The Labute approximate surface area is 93.9 Å². The van der Waals surface area contributed by atoms with Crippen molar-refractivity contribution in [2.75, 3.05) is 5.32 Å². The van der Waals surface area contributed by atoms with Crippen LogP contribution < -0.4 is 5.32 Å². The van der Waals surface area contributed by atoms with Crippen molar-refractivity contribution in [1.82, 2.24) is 0 Å². The molecule has 3 rings (SSSR count). The van der Waals surface area contributed by atoms with Gasteiger partial charge in [-0.3, -0.25) is 0 Å². The van der Waals surface area contributed by atoms with Crippen LogP contribution in [0.1, 0.15) is 30.7 Å². The lowest BCUT2D eigenvalue weighted by atomic mass is 9.77. The second kappa shape index (κ2) is 3.58. The van der Waals surface area contributed by atoms with Crippen LogP contribution in [0.25, 0.3) is 0 Å². The molecule has 1 N–H and O–H groups in total. The summed E-state index contributed by atoms with van der Waals surface area (Å²) >= 11 is 0. The summed E-state index contributed by atoms with van der Waals surface area (Å²) in [6.07, 6.45) is 3.86. The summed E-state index contributed by atoms with van der Waals surface area (Å²) in [5, 5.41) is 3.43. The number of hydrogen-bond donors (Lipinski definition) is 1. The van der Waals surface area contributed by atoms with E-state index in [1.807, 2.05) is 0 Å². The second-order valence-electron chi connectivity index (χ2n) is 4.80. The molecule has 0 amide bonds. The molecule has 0 spiro atoms. The zero-order chi connectivity index (χ0) is 11.1. The van der Waals surface area contributed by atoms with E-state index in [1.165, 1.54) is 6.07 Å². The van der Waals surface area contributed by atoms with Gasteiger partial charge in [0.05, 0.1) is 0 Å². The van der Waals surface area contributed by atoms with Crippen LogP contribution in [0.5, 0.6) is 0 Å². The summed E-state index contributed by atoms with van der Waals surface area (Å²) in [4.78, 5) is 10.8. The van der Waals surface area contributed by atoms with E-state index < -0.39 is 0 Å². The van der Waals surface area contributed by atoms with Crippen molar-refractivity contribution >= 4 is 12.0 Å². The third-order valence-corrected chi connectivity index (χ3v) is 3.84. The number of benzene rings is 1. The van der Waals surface area contributed by atoms with E-state index in [9.17, 15) is 9.18 Å². The highest BCUT2D eigenvalue weighted by molar-refractivity contribution is 5.61. The van der Waals surface area contributed by atoms with Gasteiger partial charge >= 0.3 is 0 Å². The number of nitrogens with one attached hydrogen (secondary N) is 1. The zero-order valence-corrected chi connectivity index (χ0v) is 8.95. The Bertz CT molecular complexity index is 432. The molecule has 3 unspecified atom stereocenters. The summed E-state index contributed by atoms with van der Waals surface area (Å²) < 4.78 is 13.2. The number of carbonyl (C=O) groups is 1. The molecule has 1 saturated carbocycles. The average molecular weight is 219 g/mol. The molecule has 1 aromatic carbocycles. The average Bonchev–Trinajstić information content (AvgIpc) is 2.66. The lowest BCUT2D eigenvalue weighted by Gasteiger charge is -2.29. The molecule has 1 fully saturated rings. The van der Waals surface area contributed by atoms with Crippen LogP contribution in [0.2, 0.25) is 0 Å². The minimum atomic E-state index is -0.186. The van der Waals surface area contributed by atoms with Crippen molar-refractivity contribution in [2.45, 2.75) is 31.2 Å². The first-order chi connectivity index (χ1) is 7.78. The Hall–Kier alpha value is -1.38. The second-order valence-corrected chi connectivity index (χ2v) is 4.80. The number of halogens is 1. The van der Waals surface area contributed by atoms with Crippen molar-refractivity contribution in [1.29, 1.82) is 0 Å². The van der Waals surface area contributed by atoms with Crippen molar-refractivity contribution in [2.24, 2.45) is 5.92 Å². The molecule has 3 heteroatoms. The molecule has 16 heavy (non-hydrogen) atoms. The van der Waals surface area contributed by atoms with Gasteiger partial charge in [-0.2, -0.15) is 0 Å². The lowest BCUT2D eigenvalue weighted by Crippen LogP contribution is -2.28. The standard InChI is InChI=1S/C13H14FNO/c14-9-2-4-13-11(6-9)10-5-8(7-16)1-3-12(10)15-13/h2,4,6-8,10,12,15H,1,3,5H2. The highest BCUT2D eigenvalue weighted by atomic mass is 19.1. The van der Waals surface area contributed by atoms with Crippen LogP contribution in [0.15, 0.2) is 18.2 Å². The fraction of sp³-hybridized carbons (Fsp3) is 0.462. The fourth-order valence-corrected chi connectivity index (χ4v) is 3.01. The monoisotopic (exact) mass is 219 g/mol. The van der Waals surface area contributed by atoms with Gasteiger partial charge < -0.3 is 10.1 Å². The van der Waals surface area contributed by atoms with E-state index in [0.717, 1.165) is 36.8 Å². The first kappa shape index (κ1) is 9.82. The fourth-order valence-electron chi connectivity index (χ4n) is 3.01. The highest BCUT2D eigenvalue weighted by Crippen LogP contribution is 2.45. The smallest absolute Gasteiger partial charge is 0.123 e. The maximum atomic E-state index is 13.2. The molecule has 84 valence electrons. The van der Waals surface area contributed by atoms with Crippen LogP contribution in [-0.2, 0) is 4.79 Å². The third kappa shape index (κ3) is 1.42. The zero-order valence-electron chi connectivity index (χ0n) is 8.95. The largest absolute Gasteiger partial charge is 0.381 e. The van der Waals surface area contributed by atoms with Gasteiger partial charge in [0.25, 0.3) is 0 Å². The Morgan fingerprint density at radius 1 is 1.38 bits per heavy atom. The van der Waals surface area contributed by atoms with Gasteiger partial charge in [-0.15, -0.1) is 0 Å². The van der Waals surface area contributed by atoms with Gasteiger partial charge in [-0.05, 0) is 43.0 Å². The SMILES string of the molecule is O=CC1CCC2Nc3ccc(F)cc3C2C1. The molecule has 0 radical (unpaired) electrons. The molecule has 2 aliphatic rings. The normalized spacial score (nSPS) is 31.4. The summed E-state index contributed by atoms with van der Waals surface area (Å²) in [5.41, 5.74) is 2.10. The molecule has 1 heterocycles. The summed E-state index contributed by atoms with van der Waals surface area (Å²) in [5.74, 6) is 0.279. The van der Waals surface area contributed by atoms with Crippen molar-refractivity contribution in [3.8, 4) is 0 Å². The van der Waals surface area contributed by atoms with Crippen molar-refractivity contribution in [3.05, 3.63) is 29.6 Å². The predicted molar refractivity (Wildman–Crippen MR) is 60.0 cm³/mol. The molecule has 2 nitrogen and oxygen atoms in total. The number of rotatable bonds is 1. The quantitative estimate of drug-likeness (QED) is 0.736. The van der Waals surface area contributed by atoms with Gasteiger partial charge in [0.2, 0.25) is 0 Å². The minimum absolute atomic E-state index is 0.150. The number of fused-ring (bicyclic) bond motifs is 3. The molecule has 0 aromatic heterocycles. The van der Waals surface area contributed by atoms with E-state index in [4.69, 9.17) is 0 Å². The number of hydrogen-bond acceptors (Lipinski definition) is 2. The maximum Gasteiger partial charge on any atom is 0.123 e. The van der Waals surface area contributed by atoms with Gasteiger partial charge in [0, 0.05) is 23.6 Å². The van der Waals surface area contributed by atoms with Gasteiger partial charge in [-0.25, -0.2) is 4.39 Å². The number of carbonyl (C=O) groups excluding carboxylic acids is 1. The van der Waals surface area contributed by atoms with E-state index in [1.54, 1.807) is 12.1 Å². The van der Waals surface area contributed by atoms with Crippen LogP contribution >= 0.6 is 0 Å². The van der Waals surface area contributed by atoms with Crippen molar-refractivity contribution in [3.63, 3.8) is 0 Å². The van der Waals surface area contributed by atoms with Gasteiger partial charge in [0.15, 0.2) is 0 Å². The summed E-state index contributed by atoms with van der Waals surface area (Å²) in [6.45, 7) is 0. The number of anilines is 1. The molecular weight excluding hydrogens is 205 g/mol. The molecule has 0 saturated heterocycles. The first-order valence-electron chi connectivity index (χ1n) is 5.79. The first-order valence-corrected chi connectivity index (χ1v) is 5.79. The highest BCUT2D eigenvalue weighted by Gasteiger charge is 2.37. The predicted octanol–water partition coefficient (Wildman–Crippen LogP) is 2.70. The van der Waals surface area contributed by atoms with E-state index >= 15 is 0 Å². The van der Waals surface area contributed by atoms with Gasteiger partial charge in [0.1, 0.15) is 12.1 Å². The van der Waals surface area contributed by atoms with Crippen LogP contribution in [-0.4, -0.2) is 12.3 Å². The minimum Gasteiger partial charge on any atom is -0.381 e. The van der Waals surface area contributed by atoms with Crippen molar-refractivity contribution < 1.29 is 9.18 Å². The number of aldehydes is 1. The third-order valence-electron chi connectivity index (χ3n) is 3.84. The Kier molecular flexibility index (Phi) is 2.20. The van der Waals surface area contributed by atoms with Gasteiger partial charge in [-0.1, -0.05) is 0 Å².